The van der Waals surface area contributed by atoms with Gasteiger partial charge in [0.15, 0.2) is 0 Å². The average molecular weight is 97.2 g/mol. The van der Waals surface area contributed by atoms with Crippen molar-refractivity contribution >= 4 is 0 Å². The molecule has 40 valence electrons. The fraction of sp³-hybridized carbons (Fsp3) is 1.00. The summed E-state index contributed by atoms with van der Waals surface area (Å²) < 4.78 is 0. The van der Waals surface area contributed by atoms with E-state index in [0.29, 0.717) is 5.41 Å². The zero-order valence-corrected chi connectivity index (χ0v) is 4.86. The molecule has 2 atom stereocenters. The summed E-state index contributed by atoms with van der Waals surface area (Å²) in [5.74, 6) is 0. The predicted molar refractivity (Wildman–Crippen MR) is 29.1 cm³/mol. The second kappa shape index (κ2) is 0.752. The Balaban J connectivity index is 2.15. The van der Waals surface area contributed by atoms with Gasteiger partial charge in [-0.25, -0.2) is 0 Å². The number of hydrogen-bond donors (Lipinski definition) is 1. The lowest BCUT2D eigenvalue weighted by Crippen LogP contribution is -2.32. The second-order valence-electron chi connectivity index (χ2n) is 3.44. The van der Waals surface area contributed by atoms with E-state index in [-0.39, 0.29) is 0 Å². The van der Waals surface area contributed by atoms with Crippen LogP contribution in [0.4, 0.5) is 0 Å². The molecule has 2 unspecified atom stereocenters. The van der Waals surface area contributed by atoms with E-state index < -0.39 is 0 Å². The first kappa shape index (κ1) is 3.90. The molecule has 1 N–H and O–H groups in total. The van der Waals surface area contributed by atoms with Gasteiger partial charge < -0.3 is 5.32 Å². The van der Waals surface area contributed by atoms with E-state index in [1.807, 2.05) is 0 Å². The van der Waals surface area contributed by atoms with Crippen molar-refractivity contribution in [3.8, 4) is 0 Å². The van der Waals surface area contributed by atoms with Gasteiger partial charge >= 0.3 is 0 Å². The third-order valence-corrected chi connectivity index (χ3v) is 2.27. The molecule has 1 saturated heterocycles. The molecule has 1 aliphatic heterocycles. The van der Waals surface area contributed by atoms with Gasteiger partial charge in [0, 0.05) is 12.1 Å². The molecule has 1 heterocycles. The second-order valence-corrected chi connectivity index (χ2v) is 3.44. The highest BCUT2D eigenvalue weighted by molar-refractivity contribution is 5.17. The van der Waals surface area contributed by atoms with Crippen LogP contribution in [0.2, 0.25) is 0 Å². The lowest BCUT2D eigenvalue weighted by molar-refractivity contribution is 0.253. The molecule has 0 aromatic rings. The smallest absolute Gasteiger partial charge is 0.0276 e. The molecule has 0 radical (unpaired) electrons. The Morgan fingerprint density at radius 2 is 2.29 bits per heavy atom. The summed E-state index contributed by atoms with van der Waals surface area (Å²) in [6.07, 6.45) is 1.40. The predicted octanol–water partition coefficient (Wildman–Crippen LogP) is 0.757. The van der Waals surface area contributed by atoms with Crippen LogP contribution in [-0.2, 0) is 0 Å². The molecule has 0 spiro atoms. The molecule has 2 fully saturated rings. The van der Waals surface area contributed by atoms with Gasteiger partial charge in [0.2, 0.25) is 0 Å². The Kier molecular flexibility index (Phi) is 0.419. The van der Waals surface area contributed by atoms with Gasteiger partial charge in [0.1, 0.15) is 0 Å². The Labute approximate surface area is 44.1 Å². The highest BCUT2D eigenvalue weighted by atomic mass is 15.2. The minimum Gasteiger partial charge on any atom is -0.308 e. The maximum Gasteiger partial charge on any atom is 0.0276 e. The van der Waals surface area contributed by atoms with E-state index in [0.717, 1.165) is 12.1 Å². The summed E-state index contributed by atoms with van der Waals surface area (Å²) in [4.78, 5) is 0. The fourth-order valence-corrected chi connectivity index (χ4v) is 1.66. The van der Waals surface area contributed by atoms with Crippen LogP contribution >= 0.6 is 0 Å². The zero-order chi connectivity index (χ0) is 5.07. The van der Waals surface area contributed by atoms with Crippen molar-refractivity contribution in [2.45, 2.75) is 32.4 Å². The average Bonchev–Trinajstić information content (AvgIpc) is 2.13. The van der Waals surface area contributed by atoms with Crippen LogP contribution in [0.3, 0.4) is 0 Å². The van der Waals surface area contributed by atoms with E-state index in [2.05, 4.69) is 19.2 Å². The molecule has 0 aromatic heterocycles. The first-order valence-electron chi connectivity index (χ1n) is 2.96. The molecule has 0 amide bonds. The van der Waals surface area contributed by atoms with E-state index in [4.69, 9.17) is 0 Å². The van der Waals surface area contributed by atoms with Crippen molar-refractivity contribution in [1.82, 2.24) is 5.32 Å². The number of hydrogen-bond acceptors (Lipinski definition) is 1. The monoisotopic (exact) mass is 97.1 g/mol. The van der Waals surface area contributed by atoms with Crippen molar-refractivity contribution in [3.05, 3.63) is 0 Å². The maximum atomic E-state index is 3.40. The van der Waals surface area contributed by atoms with Gasteiger partial charge in [-0.15, -0.1) is 0 Å². The largest absolute Gasteiger partial charge is 0.308 e. The van der Waals surface area contributed by atoms with Crippen LogP contribution in [0.25, 0.3) is 0 Å². The molecule has 2 rings (SSSR count). The summed E-state index contributed by atoms with van der Waals surface area (Å²) in [6, 6.07) is 1.82. The molecule has 1 aliphatic carbocycles. The number of fused-ring (bicyclic) bond motifs is 1. The Morgan fingerprint density at radius 3 is 2.29 bits per heavy atom. The molecule has 1 nitrogen and oxygen atoms in total. The minimum absolute atomic E-state index is 0.644. The van der Waals surface area contributed by atoms with Crippen LogP contribution in [0.15, 0.2) is 0 Å². The van der Waals surface area contributed by atoms with Crippen LogP contribution < -0.4 is 5.32 Å². The van der Waals surface area contributed by atoms with Crippen molar-refractivity contribution in [2.75, 3.05) is 0 Å². The lowest BCUT2D eigenvalue weighted by atomic mass is 9.72. The SMILES string of the molecule is CC1(C)CC2NC21. The standard InChI is InChI=1S/C6H11N/c1-6(2)3-4-5(6)7-4/h4-5,7H,3H2,1-2H3. The quantitative estimate of drug-likeness (QED) is 0.443. The van der Waals surface area contributed by atoms with Crippen molar-refractivity contribution < 1.29 is 0 Å². The third kappa shape index (κ3) is 0.325. The maximum absolute atomic E-state index is 3.40. The third-order valence-electron chi connectivity index (χ3n) is 2.27. The summed E-state index contributed by atoms with van der Waals surface area (Å²) in [5, 5.41) is 3.40. The molecule has 7 heavy (non-hydrogen) atoms. The van der Waals surface area contributed by atoms with Crippen molar-refractivity contribution in [2.24, 2.45) is 5.41 Å². The van der Waals surface area contributed by atoms with Gasteiger partial charge in [0.25, 0.3) is 0 Å². The van der Waals surface area contributed by atoms with Crippen molar-refractivity contribution in [3.63, 3.8) is 0 Å². The van der Waals surface area contributed by atoms with E-state index in [1.54, 1.807) is 0 Å². The Bertz CT molecular complexity index is 107. The Hall–Kier alpha value is -0.0400. The van der Waals surface area contributed by atoms with Crippen molar-refractivity contribution in [1.29, 1.82) is 0 Å². The Morgan fingerprint density at radius 1 is 1.57 bits per heavy atom. The highest BCUT2D eigenvalue weighted by Crippen LogP contribution is 2.49. The van der Waals surface area contributed by atoms with Gasteiger partial charge in [0.05, 0.1) is 0 Å². The van der Waals surface area contributed by atoms with Crippen LogP contribution in [0.5, 0.6) is 0 Å². The molecule has 0 aromatic carbocycles. The molecular weight excluding hydrogens is 86.1 g/mol. The van der Waals surface area contributed by atoms with Gasteiger partial charge in [-0.1, -0.05) is 13.8 Å². The molecular formula is C6H11N. The van der Waals surface area contributed by atoms with Crippen LogP contribution in [0.1, 0.15) is 20.3 Å². The summed E-state index contributed by atoms with van der Waals surface area (Å²) in [5.41, 5.74) is 0.644. The fourth-order valence-electron chi connectivity index (χ4n) is 1.66. The lowest BCUT2D eigenvalue weighted by Gasteiger charge is -2.30. The van der Waals surface area contributed by atoms with Gasteiger partial charge in [-0.2, -0.15) is 0 Å². The van der Waals surface area contributed by atoms with Gasteiger partial charge in [-0.3, -0.25) is 0 Å². The highest BCUT2D eigenvalue weighted by Gasteiger charge is 2.58. The number of nitrogens with one attached hydrogen (secondary N) is 1. The number of rotatable bonds is 0. The molecule has 1 saturated carbocycles. The summed E-state index contributed by atoms with van der Waals surface area (Å²) >= 11 is 0. The summed E-state index contributed by atoms with van der Waals surface area (Å²) in [7, 11) is 0. The van der Waals surface area contributed by atoms with E-state index in [1.165, 1.54) is 6.42 Å². The minimum atomic E-state index is 0.644. The molecule has 1 heteroatoms. The molecule has 2 aliphatic rings. The molecule has 0 bridgehead atoms. The first-order valence-corrected chi connectivity index (χ1v) is 2.96. The topological polar surface area (TPSA) is 21.9 Å². The summed E-state index contributed by atoms with van der Waals surface area (Å²) in [6.45, 7) is 4.66. The van der Waals surface area contributed by atoms with E-state index >= 15 is 0 Å². The zero-order valence-electron chi connectivity index (χ0n) is 4.86. The first-order chi connectivity index (χ1) is 3.20. The normalized spacial score (nSPS) is 52.3. The van der Waals surface area contributed by atoms with Crippen LogP contribution in [0, 0.1) is 5.41 Å². The van der Waals surface area contributed by atoms with Crippen LogP contribution in [-0.4, -0.2) is 12.1 Å². The van der Waals surface area contributed by atoms with Gasteiger partial charge in [-0.05, 0) is 11.8 Å². The van der Waals surface area contributed by atoms with E-state index in [9.17, 15) is 0 Å².